The molecular formula is C14H13BrClN3O. The maximum absolute atomic E-state index is 11.8. The SMILES string of the molecule is CNC(=O)c1ccc(N)cc1Nc1ccc(Br)cc1Cl. The van der Waals surface area contributed by atoms with Crippen molar-refractivity contribution in [3.8, 4) is 0 Å². The molecule has 0 radical (unpaired) electrons. The molecule has 2 aromatic rings. The largest absolute Gasteiger partial charge is 0.399 e. The molecule has 2 aromatic carbocycles. The number of benzene rings is 2. The normalized spacial score (nSPS) is 10.2. The summed E-state index contributed by atoms with van der Waals surface area (Å²) < 4.78 is 0.882. The van der Waals surface area contributed by atoms with Gasteiger partial charge in [-0.1, -0.05) is 27.5 Å². The lowest BCUT2D eigenvalue weighted by Gasteiger charge is -2.13. The fourth-order valence-electron chi connectivity index (χ4n) is 1.73. The van der Waals surface area contributed by atoms with Crippen molar-refractivity contribution < 1.29 is 4.79 Å². The summed E-state index contributed by atoms with van der Waals surface area (Å²) >= 11 is 9.51. The predicted octanol–water partition coefficient (Wildman–Crippen LogP) is 3.79. The van der Waals surface area contributed by atoms with Crippen LogP contribution >= 0.6 is 27.5 Å². The minimum Gasteiger partial charge on any atom is -0.399 e. The molecule has 0 spiro atoms. The first-order chi connectivity index (χ1) is 9.51. The van der Waals surface area contributed by atoms with Crippen molar-refractivity contribution >= 4 is 50.5 Å². The van der Waals surface area contributed by atoms with Crippen molar-refractivity contribution in [3.63, 3.8) is 0 Å². The number of anilines is 3. The summed E-state index contributed by atoms with van der Waals surface area (Å²) in [4.78, 5) is 11.8. The monoisotopic (exact) mass is 353 g/mol. The lowest BCUT2D eigenvalue weighted by molar-refractivity contribution is 0.0964. The number of amides is 1. The zero-order valence-electron chi connectivity index (χ0n) is 10.7. The Morgan fingerprint density at radius 2 is 1.95 bits per heavy atom. The van der Waals surface area contributed by atoms with Crippen LogP contribution in [0.3, 0.4) is 0 Å². The average molecular weight is 355 g/mol. The van der Waals surface area contributed by atoms with Gasteiger partial charge in [0.2, 0.25) is 0 Å². The third-order valence-electron chi connectivity index (χ3n) is 2.72. The Labute approximate surface area is 130 Å². The number of nitrogen functional groups attached to an aromatic ring is 1. The van der Waals surface area contributed by atoms with Crippen LogP contribution in [0.4, 0.5) is 17.1 Å². The van der Waals surface area contributed by atoms with Crippen LogP contribution in [0.15, 0.2) is 40.9 Å². The molecule has 0 aromatic heterocycles. The van der Waals surface area contributed by atoms with Gasteiger partial charge in [0.15, 0.2) is 0 Å². The first kappa shape index (κ1) is 14.7. The molecule has 0 bridgehead atoms. The number of hydrogen-bond acceptors (Lipinski definition) is 3. The van der Waals surface area contributed by atoms with E-state index in [1.54, 1.807) is 31.3 Å². The van der Waals surface area contributed by atoms with Crippen molar-refractivity contribution in [2.75, 3.05) is 18.1 Å². The summed E-state index contributed by atoms with van der Waals surface area (Å²) in [5.41, 5.74) is 8.14. The third-order valence-corrected chi connectivity index (χ3v) is 3.52. The van der Waals surface area contributed by atoms with Crippen molar-refractivity contribution in [2.45, 2.75) is 0 Å². The van der Waals surface area contributed by atoms with Crippen LogP contribution in [0.1, 0.15) is 10.4 Å². The fourth-order valence-corrected chi connectivity index (χ4v) is 2.45. The van der Waals surface area contributed by atoms with E-state index in [1.165, 1.54) is 0 Å². The molecule has 0 unspecified atom stereocenters. The second-order valence-electron chi connectivity index (χ2n) is 4.13. The van der Waals surface area contributed by atoms with Gasteiger partial charge in [-0.05, 0) is 36.4 Å². The van der Waals surface area contributed by atoms with Crippen molar-refractivity contribution in [1.29, 1.82) is 0 Å². The topological polar surface area (TPSA) is 67.2 Å². The molecule has 0 saturated heterocycles. The van der Waals surface area contributed by atoms with Crippen LogP contribution in [-0.2, 0) is 0 Å². The molecule has 2 rings (SSSR count). The highest BCUT2D eigenvalue weighted by Crippen LogP contribution is 2.30. The number of nitrogens with two attached hydrogens (primary N) is 1. The summed E-state index contributed by atoms with van der Waals surface area (Å²) in [5.74, 6) is -0.194. The summed E-state index contributed by atoms with van der Waals surface area (Å²) in [6.07, 6.45) is 0. The van der Waals surface area contributed by atoms with Gasteiger partial charge in [0, 0.05) is 17.2 Å². The summed E-state index contributed by atoms with van der Waals surface area (Å²) in [6, 6.07) is 10.5. The number of halogens is 2. The van der Waals surface area contributed by atoms with Crippen LogP contribution in [0.2, 0.25) is 5.02 Å². The lowest BCUT2D eigenvalue weighted by atomic mass is 10.1. The van der Waals surface area contributed by atoms with Gasteiger partial charge in [-0.15, -0.1) is 0 Å². The molecule has 104 valence electrons. The van der Waals surface area contributed by atoms with Crippen LogP contribution in [0, 0.1) is 0 Å². The van der Waals surface area contributed by atoms with Gasteiger partial charge in [-0.3, -0.25) is 4.79 Å². The Bertz CT molecular complexity index is 661. The van der Waals surface area contributed by atoms with Crippen molar-refractivity contribution in [2.24, 2.45) is 0 Å². The molecule has 4 N–H and O–H groups in total. The molecule has 4 nitrogen and oxygen atoms in total. The van der Waals surface area contributed by atoms with E-state index in [-0.39, 0.29) is 5.91 Å². The Hall–Kier alpha value is -1.72. The van der Waals surface area contributed by atoms with Crippen LogP contribution in [0.25, 0.3) is 0 Å². The lowest BCUT2D eigenvalue weighted by Crippen LogP contribution is -2.19. The first-order valence-corrected chi connectivity index (χ1v) is 7.02. The smallest absolute Gasteiger partial charge is 0.253 e. The van der Waals surface area contributed by atoms with E-state index in [2.05, 4.69) is 26.6 Å². The highest BCUT2D eigenvalue weighted by molar-refractivity contribution is 9.10. The van der Waals surface area contributed by atoms with Crippen LogP contribution in [0.5, 0.6) is 0 Å². The van der Waals surface area contributed by atoms with E-state index in [0.29, 0.717) is 27.6 Å². The van der Waals surface area contributed by atoms with E-state index in [4.69, 9.17) is 17.3 Å². The molecule has 20 heavy (non-hydrogen) atoms. The Balaban J connectivity index is 2.41. The minimum absolute atomic E-state index is 0.194. The minimum atomic E-state index is -0.194. The van der Waals surface area contributed by atoms with E-state index in [1.807, 2.05) is 12.1 Å². The molecule has 0 atom stereocenters. The molecule has 0 saturated carbocycles. The fraction of sp³-hybridized carbons (Fsp3) is 0.0714. The van der Waals surface area contributed by atoms with Gasteiger partial charge < -0.3 is 16.4 Å². The molecule has 6 heteroatoms. The Morgan fingerprint density at radius 1 is 1.20 bits per heavy atom. The molecule has 1 amide bonds. The average Bonchev–Trinajstić information content (AvgIpc) is 2.41. The predicted molar refractivity (Wildman–Crippen MR) is 86.7 cm³/mol. The van der Waals surface area contributed by atoms with Gasteiger partial charge in [-0.25, -0.2) is 0 Å². The second kappa shape index (κ2) is 6.15. The van der Waals surface area contributed by atoms with E-state index in [0.717, 1.165) is 4.47 Å². The number of hydrogen-bond donors (Lipinski definition) is 3. The first-order valence-electron chi connectivity index (χ1n) is 5.85. The third kappa shape index (κ3) is 3.23. The molecule has 0 heterocycles. The highest BCUT2D eigenvalue weighted by atomic mass is 79.9. The Kier molecular flexibility index (Phi) is 4.52. The van der Waals surface area contributed by atoms with Crippen LogP contribution < -0.4 is 16.4 Å². The summed E-state index contributed by atoms with van der Waals surface area (Å²) in [5, 5.41) is 6.27. The number of rotatable bonds is 3. The zero-order chi connectivity index (χ0) is 14.7. The molecular weight excluding hydrogens is 342 g/mol. The molecule has 0 aliphatic rings. The molecule has 0 aliphatic heterocycles. The second-order valence-corrected chi connectivity index (χ2v) is 5.46. The highest BCUT2D eigenvalue weighted by Gasteiger charge is 2.11. The van der Waals surface area contributed by atoms with E-state index < -0.39 is 0 Å². The quantitative estimate of drug-likeness (QED) is 0.735. The maximum Gasteiger partial charge on any atom is 0.253 e. The number of carbonyl (C=O) groups excluding carboxylic acids is 1. The van der Waals surface area contributed by atoms with Gasteiger partial charge in [0.25, 0.3) is 5.91 Å². The van der Waals surface area contributed by atoms with Gasteiger partial charge in [0.05, 0.1) is 22.0 Å². The van der Waals surface area contributed by atoms with Gasteiger partial charge in [-0.2, -0.15) is 0 Å². The number of carbonyl (C=O) groups is 1. The molecule has 0 fully saturated rings. The summed E-state index contributed by atoms with van der Waals surface area (Å²) in [7, 11) is 1.58. The van der Waals surface area contributed by atoms with Gasteiger partial charge in [0.1, 0.15) is 0 Å². The van der Waals surface area contributed by atoms with Crippen molar-refractivity contribution in [3.05, 3.63) is 51.5 Å². The summed E-state index contributed by atoms with van der Waals surface area (Å²) in [6.45, 7) is 0. The van der Waals surface area contributed by atoms with E-state index in [9.17, 15) is 4.79 Å². The zero-order valence-corrected chi connectivity index (χ0v) is 13.0. The van der Waals surface area contributed by atoms with E-state index >= 15 is 0 Å². The van der Waals surface area contributed by atoms with Crippen LogP contribution in [-0.4, -0.2) is 13.0 Å². The van der Waals surface area contributed by atoms with Gasteiger partial charge >= 0.3 is 0 Å². The maximum atomic E-state index is 11.8. The number of nitrogens with one attached hydrogen (secondary N) is 2. The standard InChI is InChI=1S/C14H13BrClN3O/c1-18-14(20)10-4-3-9(17)7-13(10)19-12-5-2-8(15)6-11(12)16/h2-7,19H,17H2,1H3,(H,18,20). The molecule has 0 aliphatic carbocycles. The Morgan fingerprint density at radius 3 is 2.60 bits per heavy atom. The van der Waals surface area contributed by atoms with Crippen molar-refractivity contribution in [1.82, 2.24) is 5.32 Å².